The molecule has 1 aromatic rings. The number of hydrogen-bond donors (Lipinski definition) is 2. The van der Waals surface area contributed by atoms with Gasteiger partial charge < -0.3 is 20.3 Å². The van der Waals surface area contributed by atoms with Crippen molar-refractivity contribution in [2.45, 2.75) is 39.7 Å². The zero-order valence-electron chi connectivity index (χ0n) is 20.4. The van der Waals surface area contributed by atoms with Crippen LogP contribution in [0.1, 0.15) is 43.1 Å². The molecule has 0 bridgehead atoms. The number of aliphatic imine (C=N–C) groups is 1. The highest BCUT2D eigenvalue weighted by atomic mass is 127. The number of nitrogens with zero attached hydrogens (tertiary/aromatic N) is 3. The summed E-state index contributed by atoms with van der Waals surface area (Å²) in [6.45, 7) is 12.6. The first-order valence-corrected chi connectivity index (χ1v) is 11.5. The van der Waals surface area contributed by atoms with E-state index in [1.165, 1.54) is 0 Å². The number of rotatable bonds is 10. The Kier molecular flexibility index (Phi) is 13.8. The summed E-state index contributed by atoms with van der Waals surface area (Å²) in [6, 6.07) is 8.30. The Morgan fingerprint density at radius 1 is 1.22 bits per heavy atom. The van der Waals surface area contributed by atoms with E-state index in [0.29, 0.717) is 12.0 Å². The second kappa shape index (κ2) is 15.4. The number of hydrogen-bond acceptors (Lipinski definition) is 4. The van der Waals surface area contributed by atoms with Crippen LogP contribution in [0.5, 0.6) is 0 Å². The van der Waals surface area contributed by atoms with Crippen LogP contribution in [0, 0.1) is 5.92 Å². The molecular formula is C24H42IN5O2. The van der Waals surface area contributed by atoms with E-state index in [1.54, 1.807) is 19.0 Å². The molecule has 1 aliphatic heterocycles. The quantitative estimate of drug-likeness (QED) is 0.262. The molecule has 0 spiro atoms. The largest absolute Gasteiger partial charge is 0.379 e. The Labute approximate surface area is 211 Å². The molecule has 1 unspecified atom stereocenters. The highest BCUT2D eigenvalue weighted by Crippen LogP contribution is 2.14. The number of morpholine rings is 1. The molecule has 1 atom stereocenters. The lowest BCUT2D eigenvalue weighted by Gasteiger charge is -2.34. The summed E-state index contributed by atoms with van der Waals surface area (Å²) in [7, 11) is 3.55. The SMILES string of the molecule is CCNC(=NCC(CC(C)C)N1CCOCC1)NCCc1cccc(C(=O)N(C)C)c1.I. The predicted molar refractivity (Wildman–Crippen MR) is 143 cm³/mol. The Balaban J connectivity index is 0.00000512. The second-order valence-electron chi connectivity index (χ2n) is 8.73. The number of guanidine groups is 1. The maximum Gasteiger partial charge on any atom is 0.253 e. The maximum absolute atomic E-state index is 12.2. The normalized spacial score (nSPS) is 15.8. The van der Waals surface area contributed by atoms with Gasteiger partial charge in [0.15, 0.2) is 5.96 Å². The molecular weight excluding hydrogens is 517 g/mol. The fraction of sp³-hybridized carbons (Fsp3) is 0.667. The summed E-state index contributed by atoms with van der Waals surface area (Å²) in [5.41, 5.74) is 1.87. The van der Waals surface area contributed by atoms with Crippen LogP contribution >= 0.6 is 24.0 Å². The first-order chi connectivity index (χ1) is 14.9. The van der Waals surface area contributed by atoms with Gasteiger partial charge in [0.05, 0.1) is 19.8 Å². The number of halogens is 1. The predicted octanol–water partition coefficient (Wildman–Crippen LogP) is 2.85. The van der Waals surface area contributed by atoms with Gasteiger partial charge in [0.25, 0.3) is 5.91 Å². The summed E-state index contributed by atoms with van der Waals surface area (Å²) in [5.74, 6) is 1.52. The Hall–Kier alpha value is -1.39. The van der Waals surface area contributed by atoms with Crippen molar-refractivity contribution < 1.29 is 9.53 Å². The van der Waals surface area contributed by atoms with E-state index in [-0.39, 0.29) is 29.9 Å². The third-order valence-corrected chi connectivity index (χ3v) is 5.40. The van der Waals surface area contributed by atoms with Gasteiger partial charge >= 0.3 is 0 Å². The Morgan fingerprint density at radius 3 is 2.56 bits per heavy atom. The zero-order valence-corrected chi connectivity index (χ0v) is 22.7. The van der Waals surface area contributed by atoms with Crippen LogP contribution in [0.3, 0.4) is 0 Å². The molecule has 0 radical (unpaired) electrons. The van der Waals surface area contributed by atoms with E-state index in [4.69, 9.17) is 9.73 Å². The van der Waals surface area contributed by atoms with E-state index in [1.807, 2.05) is 18.2 Å². The molecule has 1 amide bonds. The lowest BCUT2D eigenvalue weighted by Crippen LogP contribution is -2.46. The van der Waals surface area contributed by atoms with Crippen LogP contribution in [-0.4, -0.2) is 87.7 Å². The molecule has 1 saturated heterocycles. The first-order valence-electron chi connectivity index (χ1n) is 11.5. The molecule has 182 valence electrons. The van der Waals surface area contributed by atoms with Crippen molar-refractivity contribution in [3.8, 4) is 0 Å². The monoisotopic (exact) mass is 559 g/mol. The average Bonchev–Trinajstić information content (AvgIpc) is 2.76. The summed E-state index contributed by atoms with van der Waals surface area (Å²) >= 11 is 0. The van der Waals surface area contributed by atoms with Crippen LogP contribution in [0.4, 0.5) is 0 Å². The summed E-state index contributed by atoms with van der Waals surface area (Å²) in [6.07, 6.45) is 1.97. The third-order valence-electron chi connectivity index (χ3n) is 5.40. The molecule has 32 heavy (non-hydrogen) atoms. The number of nitrogens with one attached hydrogen (secondary N) is 2. The molecule has 2 rings (SSSR count). The highest BCUT2D eigenvalue weighted by Gasteiger charge is 2.21. The smallest absolute Gasteiger partial charge is 0.253 e. The van der Waals surface area contributed by atoms with Gasteiger partial charge in [-0.1, -0.05) is 26.0 Å². The topological polar surface area (TPSA) is 69.2 Å². The molecule has 7 nitrogen and oxygen atoms in total. The third kappa shape index (κ3) is 10.0. The molecule has 0 aromatic heterocycles. The number of amides is 1. The lowest BCUT2D eigenvalue weighted by molar-refractivity contribution is 0.0143. The molecule has 1 fully saturated rings. The van der Waals surface area contributed by atoms with Crippen LogP contribution in [-0.2, 0) is 11.2 Å². The van der Waals surface area contributed by atoms with Crippen molar-refractivity contribution in [2.75, 3.05) is 60.0 Å². The first kappa shape index (κ1) is 28.6. The van der Waals surface area contributed by atoms with E-state index in [9.17, 15) is 4.79 Å². The minimum absolute atomic E-state index is 0. The maximum atomic E-state index is 12.2. The summed E-state index contributed by atoms with van der Waals surface area (Å²) < 4.78 is 5.52. The second-order valence-corrected chi connectivity index (χ2v) is 8.73. The minimum atomic E-state index is 0. The zero-order chi connectivity index (χ0) is 22.6. The van der Waals surface area contributed by atoms with Gasteiger partial charge in [-0.2, -0.15) is 0 Å². The number of carbonyl (C=O) groups is 1. The van der Waals surface area contributed by atoms with Gasteiger partial charge in [0.2, 0.25) is 0 Å². The van der Waals surface area contributed by atoms with Crippen molar-refractivity contribution in [1.29, 1.82) is 0 Å². The fourth-order valence-electron chi connectivity index (χ4n) is 3.81. The van der Waals surface area contributed by atoms with Gasteiger partial charge in [-0.05, 0) is 43.4 Å². The van der Waals surface area contributed by atoms with Gasteiger partial charge in [0.1, 0.15) is 0 Å². The Morgan fingerprint density at radius 2 is 1.94 bits per heavy atom. The van der Waals surface area contributed by atoms with Gasteiger partial charge in [0, 0.05) is 51.9 Å². The number of ether oxygens (including phenoxy) is 1. The summed E-state index contributed by atoms with van der Waals surface area (Å²) in [4.78, 5) is 21.2. The van der Waals surface area contributed by atoms with Crippen molar-refractivity contribution >= 4 is 35.8 Å². The average molecular weight is 560 g/mol. The molecule has 0 aliphatic carbocycles. The molecule has 1 aromatic carbocycles. The van der Waals surface area contributed by atoms with E-state index in [0.717, 1.165) is 75.9 Å². The van der Waals surface area contributed by atoms with Crippen molar-refractivity contribution in [1.82, 2.24) is 20.4 Å². The molecule has 1 aliphatic rings. The van der Waals surface area contributed by atoms with Crippen LogP contribution in [0.15, 0.2) is 29.3 Å². The summed E-state index contributed by atoms with van der Waals surface area (Å²) in [5, 5.41) is 6.81. The Bertz CT molecular complexity index is 705. The standard InChI is InChI=1S/C24H41N5O2.HI/c1-6-25-24(27-18-22(16-19(2)3)29-12-14-31-15-13-29)26-11-10-20-8-7-9-21(17-20)23(30)28(4)5;/h7-9,17,19,22H,6,10-16,18H2,1-5H3,(H2,25,26,27);1H. The van der Waals surface area contributed by atoms with Gasteiger partial charge in [-0.15, -0.1) is 24.0 Å². The lowest BCUT2D eigenvalue weighted by atomic mass is 10.0. The highest BCUT2D eigenvalue weighted by molar-refractivity contribution is 14.0. The van der Waals surface area contributed by atoms with Gasteiger partial charge in [-0.25, -0.2) is 0 Å². The molecule has 8 heteroatoms. The van der Waals surface area contributed by atoms with E-state index >= 15 is 0 Å². The van der Waals surface area contributed by atoms with Crippen molar-refractivity contribution in [3.05, 3.63) is 35.4 Å². The van der Waals surface area contributed by atoms with Crippen molar-refractivity contribution in [3.63, 3.8) is 0 Å². The number of carbonyl (C=O) groups excluding carboxylic acids is 1. The molecule has 2 N–H and O–H groups in total. The minimum Gasteiger partial charge on any atom is -0.379 e. The van der Waals surface area contributed by atoms with Crippen molar-refractivity contribution in [2.24, 2.45) is 10.9 Å². The van der Waals surface area contributed by atoms with E-state index < -0.39 is 0 Å². The van der Waals surface area contributed by atoms with E-state index in [2.05, 4.69) is 42.4 Å². The van der Waals surface area contributed by atoms with Crippen LogP contribution in [0.25, 0.3) is 0 Å². The molecule has 0 saturated carbocycles. The van der Waals surface area contributed by atoms with Crippen LogP contribution < -0.4 is 10.6 Å². The van der Waals surface area contributed by atoms with Crippen LogP contribution in [0.2, 0.25) is 0 Å². The fourth-order valence-corrected chi connectivity index (χ4v) is 3.81. The molecule has 1 heterocycles. The van der Waals surface area contributed by atoms with Gasteiger partial charge in [-0.3, -0.25) is 14.7 Å². The number of benzene rings is 1.